The predicted molar refractivity (Wildman–Crippen MR) is 57.8 cm³/mol. The summed E-state index contributed by atoms with van der Waals surface area (Å²) in [4.78, 5) is 19.5. The van der Waals surface area contributed by atoms with Crippen molar-refractivity contribution in [2.45, 2.75) is 12.2 Å². The number of aliphatic hydroxyl groups is 2. The van der Waals surface area contributed by atoms with Crippen LogP contribution >= 0.6 is 42.6 Å². The van der Waals surface area contributed by atoms with E-state index in [-0.39, 0.29) is 12.4 Å². The summed E-state index contributed by atoms with van der Waals surface area (Å²) in [6, 6.07) is 0. The zero-order valence-corrected chi connectivity index (χ0v) is 11.1. The van der Waals surface area contributed by atoms with E-state index in [9.17, 15) is 9.59 Å². The summed E-state index contributed by atoms with van der Waals surface area (Å²) in [5, 5.41) is 32.5. The van der Waals surface area contributed by atoms with Gasteiger partial charge in [0.25, 0.3) is 0 Å². The lowest BCUT2D eigenvalue weighted by Crippen LogP contribution is -2.39. The van der Waals surface area contributed by atoms with Crippen molar-refractivity contribution in [1.82, 2.24) is 0 Å². The van der Waals surface area contributed by atoms with Crippen LogP contribution in [0.4, 0.5) is 0 Å². The lowest BCUT2D eigenvalue weighted by atomic mass is 10.2. The van der Waals surface area contributed by atoms with Crippen molar-refractivity contribution in [3.63, 3.8) is 0 Å². The Labute approximate surface area is 108 Å². The van der Waals surface area contributed by atoms with Gasteiger partial charge in [-0.15, -0.1) is 12.4 Å². The molecule has 0 aliphatic heterocycles. The second kappa shape index (κ2) is 11.1. The third-order valence-electron chi connectivity index (χ3n) is 0.805. The highest BCUT2D eigenvalue weighted by Crippen LogP contribution is 1.97. The Morgan fingerprint density at radius 3 is 1.13 bits per heavy atom. The molecular weight excluding hydrogens is 313 g/mol. The molecule has 0 aliphatic carbocycles. The highest BCUT2D eigenvalue weighted by molar-refractivity contribution is 7.54. The topological polar surface area (TPSA) is 115 Å². The molecule has 11 heteroatoms. The molecule has 4 N–H and O–H groups in total. The summed E-state index contributed by atoms with van der Waals surface area (Å²) in [6.07, 6.45) is -4.53. The van der Waals surface area contributed by atoms with E-state index in [4.69, 9.17) is 50.6 Å². The Kier molecular flexibility index (Phi) is 15.4. The number of hydrogen-bond acceptors (Lipinski definition) is 4. The average molecular weight is 320 g/mol. The van der Waals surface area contributed by atoms with E-state index in [1.165, 1.54) is 0 Å². The fraction of sp³-hybridized carbons (Fsp3) is 0.500. The lowest BCUT2D eigenvalue weighted by molar-refractivity contribution is -0.165. The zero-order valence-electron chi connectivity index (χ0n) is 6.88. The first-order chi connectivity index (χ1) is 6.20. The minimum atomic E-state index is -2.27. The van der Waals surface area contributed by atoms with Crippen molar-refractivity contribution in [3.8, 4) is 0 Å². The van der Waals surface area contributed by atoms with Gasteiger partial charge in [-0.2, -0.15) is 0 Å². The second-order valence-corrected chi connectivity index (χ2v) is 8.25. The third-order valence-corrected chi connectivity index (χ3v) is 0.805. The van der Waals surface area contributed by atoms with Crippen LogP contribution in [0.2, 0.25) is 0 Å². The summed E-state index contributed by atoms with van der Waals surface area (Å²) in [5.41, 5.74) is 0. The standard InChI is InChI=1S/C4H6O6.Al.4ClH/c5-1(3(7)8)2(6)4(9)10;;;;;/h1-2,5-6H,(H,7,8)(H,9,10);;4*1H/q;+3;;;;/p-3. The van der Waals surface area contributed by atoms with Crippen molar-refractivity contribution in [2.75, 3.05) is 0 Å². The van der Waals surface area contributed by atoms with E-state index in [2.05, 4.69) is 0 Å². The van der Waals surface area contributed by atoms with Gasteiger partial charge in [0.15, 0.2) is 12.2 Å². The van der Waals surface area contributed by atoms with E-state index in [1.54, 1.807) is 0 Å². The van der Waals surface area contributed by atoms with Gasteiger partial charge in [-0.1, -0.05) is 0 Å². The molecule has 2 atom stereocenters. The number of halogens is 4. The molecule has 15 heavy (non-hydrogen) atoms. The van der Waals surface area contributed by atoms with Crippen LogP contribution in [-0.2, 0) is 9.59 Å². The molecular formula is C4H7AlCl4O6. The van der Waals surface area contributed by atoms with Crippen LogP contribution in [0, 0.1) is 0 Å². The van der Waals surface area contributed by atoms with Crippen LogP contribution in [-0.4, -0.2) is 56.0 Å². The minimum absolute atomic E-state index is 0. The molecule has 0 saturated heterocycles. The van der Waals surface area contributed by atoms with E-state index < -0.39 is 35.5 Å². The number of carboxylic acids is 2. The van der Waals surface area contributed by atoms with E-state index in [1.807, 2.05) is 0 Å². The fourth-order valence-electron chi connectivity index (χ4n) is 0.270. The number of rotatable bonds is 3. The highest BCUT2D eigenvalue weighted by Gasteiger charge is 2.29. The summed E-state index contributed by atoms with van der Waals surface area (Å²) >= 11 is -1.72. The maximum absolute atomic E-state index is 9.77. The van der Waals surface area contributed by atoms with Crippen LogP contribution in [0.15, 0.2) is 0 Å². The molecule has 0 rings (SSSR count). The van der Waals surface area contributed by atoms with Gasteiger partial charge in [0.2, 0.25) is 0 Å². The van der Waals surface area contributed by atoms with Crippen molar-refractivity contribution in [1.29, 1.82) is 0 Å². The molecule has 0 saturated carbocycles. The smallest absolute Gasteiger partial charge is 0.479 e. The number of aliphatic hydroxyl groups excluding tert-OH is 2. The maximum atomic E-state index is 9.77. The molecule has 0 aromatic carbocycles. The van der Waals surface area contributed by atoms with Crippen LogP contribution in [0.1, 0.15) is 0 Å². The Hall–Kier alpha value is 0.552. The zero-order chi connectivity index (χ0) is 11.9. The number of aliphatic carboxylic acids is 2. The second-order valence-electron chi connectivity index (χ2n) is 1.81. The molecule has 0 aromatic heterocycles. The highest BCUT2D eigenvalue weighted by atomic mass is 35.8. The van der Waals surface area contributed by atoms with Gasteiger partial charge in [0.05, 0.1) is 0 Å². The van der Waals surface area contributed by atoms with Gasteiger partial charge < -0.3 is 20.4 Å². The Bertz CT molecular complexity index is 181. The normalized spacial score (nSPS) is 12.3. The SMILES string of the molecule is Cl.O=C(O)C(O)C(O)C(=O)O.[Cl][Al]([Cl])[Cl]. The molecule has 0 spiro atoms. The molecule has 0 fully saturated rings. The van der Waals surface area contributed by atoms with Crippen molar-refractivity contribution in [2.24, 2.45) is 0 Å². The Morgan fingerprint density at radius 2 is 1.07 bits per heavy atom. The summed E-state index contributed by atoms with van der Waals surface area (Å²) < 4.78 is 0. The first kappa shape index (κ1) is 20.9. The first-order valence-electron chi connectivity index (χ1n) is 2.94. The van der Waals surface area contributed by atoms with Gasteiger partial charge in [-0.3, -0.25) is 0 Å². The molecule has 0 bridgehead atoms. The number of carbonyl (C=O) groups is 2. The van der Waals surface area contributed by atoms with Crippen LogP contribution < -0.4 is 0 Å². The summed E-state index contributed by atoms with van der Waals surface area (Å²) in [6.45, 7) is 0. The molecule has 0 amide bonds. The van der Waals surface area contributed by atoms with Crippen molar-refractivity contribution in [3.05, 3.63) is 0 Å². The summed E-state index contributed by atoms with van der Waals surface area (Å²) in [7, 11) is 14.8. The predicted octanol–water partition coefficient (Wildman–Crippen LogP) is -0.0131. The lowest BCUT2D eigenvalue weighted by Gasteiger charge is -2.07. The van der Waals surface area contributed by atoms with E-state index >= 15 is 0 Å². The van der Waals surface area contributed by atoms with Crippen molar-refractivity contribution >= 4 is 65.9 Å². The number of hydrogen-bond donors (Lipinski definition) is 4. The quantitative estimate of drug-likeness (QED) is 0.544. The molecule has 2 unspecified atom stereocenters. The van der Waals surface area contributed by atoms with Crippen LogP contribution in [0.25, 0.3) is 0 Å². The fourth-order valence-corrected chi connectivity index (χ4v) is 0.270. The monoisotopic (exact) mass is 318 g/mol. The Balaban J connectivity index is -0.000000249. The third kappa shape index (κ3) is 14.6. The maximum Gasteiger partial charge on any atom is 0.643 e. The largest absolute Gasteiger partial charge is 0.643 e. The molecule has 90 valence electrons. The van der Waals surface area contributed by atoms with Gasteiger partial charge in [0, 0.05) is 0 Å². The number of carboxylic acid groups (broad SMARTS) is 2. The molecule has 0 radical (unpaired) electrons. The van der Waals surface area contributed by atoms with Gasteiger partial charge in [0.1, 0.15) is 0 Å². The molecule has 0 aliphatic rings. The van der Waals surface area contributed by atoms with Crippen molar-refractivity contribution < 1.29 is 30.0 Å². The van der Waals surface area contributed by atoms with Crippen LogP contribution in [0.5, 0.6) is 0 Å². The summed E-state index contributed by atoms with van der Waals surface area (Å²) in [5.74, 6) is -3.54. The minimum Gasteiger partial charge on any atom is -0.479 e. The van der Waals surface area contributed by atoms with Gasteiger partial charge in [-0.05, 0) is 0 Å². The van der Waals surface area contributed by atoms with Gasteiger partial charge in [-0.25, -0.2) is 39.7 Å². The molecule has 6 nitrogen and oxygen atoms in total. The average Bonchev–Trinajstić information content (AvgIpc) is 2.00. The molecule has 0 aromatic rings. The van der Waals surface area contributed by atoms with E-state index in [0.29, 0.717) is 0 Å². The first-order valence-corrected chi connectivity index (χ1v) is 8.17. The van der Waals surface area contributed by atoms with Gasteiger partial charge >= 0.3 is 23.3 Å². The van der Waals surface area contributed by atoms with Crippen LogP contribution in [0.3, 0.4) is 0 Å². The van der Waals surface area contributed by atoms with E-state index in [0.717, 1.165) is 0 Å². The molecule has 0 heterocycles. The Morgan fingerprint density at radius 1 is 0.933 bits per heavy atom.